The van der Waals surface area contributed by atoms with Crippen molar-refractivity contribution in [3.8, 4) is 0 Å². The molecule has 0 aliphatic carbocycles. The Balaban J connectivity index is 2.09. The number of halogens is 1. The fraction of sp³-hybridized carbons (Fsp3) is 0.250. The van der Waals surface area contributed by atoms with Crippen LogP contribution < -0.4 is 5.32 Å². The number of rotatable bonds is 4. The fourth-order valence-corrected chi connectivity index (χ4v) is 3.61. The number of benzene rings is 1. The van der Waals surface area contributed by atoms with Crippen LogP contribution in [0.2, 0.25) is 5.02 Å². The summed E-state index contributed by atoms with van der Waals surface area (Å²) >= 11 is 6.96. The van der Waals surface area contributed by atoms with Gasteiger partial charge in [0.1, 0.15) is 0 Å². The first-order valence-electron chi connectivity index (χ1n) is 5.89. The van der Waals surface area contributed by atoms with E-state index in [1.807, 2.05) is 0 Å². The zero-order valence-electron chi connectivity index (χ0n) is 11.0. The van der Waals surface area contributed by atoms with Gasteiger partial charge in [0.05, 0.1) is 22.1 Å². The number of amides is 1. The molecule has 21 heavy (non-hydrogen) atoms. The highest BCUT2D eigenvalue weighted by Crippen LogP contribution is 2.16. The summed E-state index contributed by atoms with van der Waals surface area (Å²) in [6.07, 6.45) is 0. The van der Waals surface area contributed by atoms with E-state index in [4.69, 9.17) is 11.6 Å². The molecule has 1 aliphatic heterocycles. The zero-order valence-corrected chi connectivity index (χ0v) is 13.4. The van der Waals surface area contributed by atoms with Gasteiger partial charge in [-0.2, -0.15) is 5.10 Å². The molecule has 1 aromatic rings. The standard InChI is InChI=1S/C12H12ClN3O3S2/c1-8(15-16-12-14-11(17)6-20-12)7-21(18,19)10-4-2-9(13)3-5-10/h2-5H,6-7H2,1H3,(H,14,16,17)/b15-8+. The van der Waals surface area contributed by atoms with Crippen LogP contribution in [0, 0.1) is 0 Å². The molecule has 1 N–H and O–H groups in total. The largest absolute Gasteiger partial charge is 0.303 e. The van der Waals surface area contributed by atoms with Gasteiger partial charge in [0.15, 0.2) is 15.0 Å². The monoisotopic (exact) mass is 345 g/mol. The quantitative estimate of drug-likeness (QED) is 0.664. The maximum absolute atomic E-state index is 12.2. The van der Waals surface area contributed by atoms with Crippen LogP contribution in [0.1, 0.15) is 6.92 Å². The minimum Gasteiger partial charge on any atom is -0.303 e. The third-order valence-corrected chi connectivity index (χ3v) is 5.37. The molecule has 0 aromatic heterocycles. The Kier molecular flexibility index (Phi) is 5.02. The Morgan fingerprint density at radius 2 is 2.05 bits per heavy atom. The van der Waals surface area contributed by atoms with Gasteiger partial charge in [0, 0.05) is 5.02 Å². The number of amidine groups is 1. The summed E-state index contributed by atoms with van der Waals surface area (Å²) in [5, 5.41) is 11.0. The number of sulfone groups is 1. The summed E-state index contributed by atoms with van der Waals surface area (Å²) in [7, 11) is -3.49. The van der Waals surface area contributed by atoms with Gasteiger partial charge in [-0.25, -0.2) is 8.42 Å². The van der Waals surface area contributed by atoms with Crippen molar-refractivity contribution in [3.63, 3.8) is 0 Å². The van der Waals surface area contributed by atoms with Gasteiger partial charge in [0.2, 0.25) is 5.91 Å². The summed E-state index contributed by atoms with van der Waals surface area (Å²) in [5.74, 6) is -0.0825. The van der Waals surface area contributed by atoms with E-state index in [0.29, 0.717) is 21.7 Å². The molecule has 9 heteroatoms. The molecule has 0 saturated carbocycles. The lowest BCUT2D eigenvalue weighted by Gasteiger charge is -2.03. The lowest BCUT2D eigenvalue weighted by atomic mass is 10.4. The maximum Gasteiger partial charge on any atom is 0.236 e. The van der Waals surface area contributed by atoms with Crippen LogP contribution in [0.5, 0.6) is 0 Å². The van der Waals surface area contributed by atoms with Crippen LogP contribution in [0.4, 0.5) is 0 Å². The molecule has 1 heterocycles. The van der Waals surface area contributed by atoms with Crippen LogP contribution in [0.15, 0.2) is 39.4 Å². The molecule has 1 amide bonds. The van der Waals surface area contributed by atoms with Gasteiger partial charge >= 0.3 is 0 Å². The molecule has 1 fully saturated rings. The van der Waals surface area contributed by atoms with Crippen molar-refractivity contribution in [1.29, 1.82) is 0 Å². The molecule has 0 bridgehead atoms. The molecule has 0 spiro atoms. The van der Waals surface area contributed by atoms with Gasteiger partial charge in [-0.3, -0.25) is 4.79 Å². The number of hydrogen-bond acceptors (Lipinski definition) is 6. The Hall–Kier alpha value is -1.38. The average molecular weight is 346 g/mol. The highest BCUT2D eigenvalue weighted by molar-refractivity contribution is 8.15. The van der Waals surface area contributed by atoms with Crippen LogP contribution in [0.25, 0.3) is 0 Å². The number of nitrogens with one attached hydrogen (secondary N) is 1. The molecular weight excluding hydrogens is 334 g/mol. The van der Waals surface area contributed by atoms with Crippen molar-refractivity contribution in [2.24, 2.45) is 10.2 Å². The zero-order chi connectivity index (χ0) is 15.5. The van der Waals surface area contributed by atoms with Gasteiger partial charge in [-0.05, 0) is 31.2 Å². The Morgan fingerprint density at radius 1 is 1.38 bits per heavy atom. The van der Waals surface area contributed by atoms with E-state index in [0.717, 1.165) is 0 Å². The highest BCUT2D eigenvalue weighted by Gasteiger charge is 2.18. The van der Waals surface area contributed by atoms with E-state index in [9.17, 15) is 13.2 Å². The minimum atomic E-state index is -3.49. The normalized spacial score (nSPS) is 18.1. The predicted molar refractivity (Wildman–Crippen MR) is 84.6 cm³/mol. The minimum absolute atomic E-state index is 0.139. The molecule has 2 rings (SSSR count). The van der Waals surface area contributed by atoms with E-state index in [-0.39, 0.29) is 16.6 Å². The van der Waals surface area contributed by atoms with Gasteiger partial charge in [-0.15, -0.1) is 5.10 Å². The summed E-state index contributed by atoms with van der Waals surface area (Å²) in [4.78, 5) is 11.1. The van der Waals surface area contributed by atoms with E-state index in [1.165, 1.54) is 36.0 Å². The molecule has 1 saturated heterocycles. The number of hydrogen-bond donors (Lipinski definition) is 1. The van der Waals surface area contributed by atoms with Crippen molar-refractivity contribution in [3.05, 3.63) is 29.3 Å². The first kappa shape index (κ1) is 16.0. The topological polar surface area (TPSA) is 88.0 Å². The number of thioether (sulfide) groups is 1. The molecule has 1 aliphatic rings. The van der Waals surface area contributed by atoms with Crippen molar-refractivity contribution in [2.75, 3.05) is 11.5 Å². The van der Waals surface area contributed by atoms with E-state index >= 15 is 0 Å². The van der Waals surface area contributed by atoms with Crippen LogP contribution in [-0.4, -0.2) is 36.7 Å². The van der Waals surface area contributed by atoms with E-state index in [2.05, 4.69) is 15.5 Å². The lowest BCUT2D eigenvalue weighted by molar-refractivity contribution is -0.116. The first-order valence-corrected chi connectivity index (χ1v) is 8.90. The van der Waals surface area contributed by atoms with Crippen molar-refractivity contribution < 1.29 is 13.2 Å². The molecule has 112 valence electrons. The molecular formula is C12H12ClN3O3S2. The first-order chi connectivity index (χ1) is 9.87. The van der Waals surface area contributed by atoms with Crippen molar-refractivity contribution in [1.82, 2.24) is 5.32 Å². The van der Waals surface area contributed by atoms with Gasteiger partial charge < -0.3 is 5.32 Å². The summed E-state index contributed by atoms with van der Waals surface area (Å²) in [5.41, 5.74) is 0.333. The second-order valence-electron chi connectivity index (χ2n) is 4.29. The number of carbonyl (C=O) groups is 1. The second-order valence-corrected chi connectivity index (χ2v) is 7.68. The summed E-state index contributed by atoms with van der Waals surface area (Å²) < 4.78 is 24.3. The summed E-state index contributed by atoms with van der Waals surface area (Å²) in [6, 6.07) is 5.94. The Labute approximate surface area is 131 Å². The van der Waals surface area contributed by atoms with Crippen molar-refractivity contribution in [2.45, 2.75) is 11.8 Å². The third-order valence-electron chi connectivity index (χ3n) is 2.47. The van der Waals surface area contributed by atoms with Crippen LogP contribution >= 0.6 is 23.4 Å². The van der Waals surface area contributed by atoms with Crippen LogP contribution in [-0.2, 0) is 14.6 Å². The molecule has 0 atom stereocenters. The lowest BCUT2D eigenvalue weighted by Crippen LogP contribution is -2.20. The Bertz CT molecular complexity index is 712. The SMILES string of the molecule is C/C(CS(=O)(=O)c1ccc(Cl)cc1)=N\N=C1/NC(=O)CS1. The summed E-state index contributed by atoms with van der Waals surface area (Å²) in [6.45, 7) is 1.57. The van der Waals surface area contributed by atoms with E-state index in [1.54, 1.807) is 6.92 Å². The number of carbonyl (C=O) groups excluding carboxylic acids is 1. The molecule has 1 aromatic carbocycles. The van der Waals surface area contributed by atoms with Crippen molar-refractivity contribution >= 4 is 50.0 Å². The predicted octanol–water partition coefficient (Wildman–Crippen LogP) is 1.71. The maximum atomic E-state index is 12.2. The van der Waals surface area contributed by atoms with Gasteiger partial charge in [-0.1, -0.05) is 23.4 Å². The molecule has 6 nitrogen and oxygen atoms in total. The third kappa shape index (κ3) is 4.55. The average Bonchev–Trinajstić information content (AvgIpc) is 2.82. The fourth-order valence-electron chi connectivity index (χ4n) is 1.54. The second kappa shape index (κ2) is 6.59. The van der Waals surface area contributed by atoms with Crippen LogP contribution in [0.3, 0.4) is 0 Å². The van der Waals surface area contributed by atoms with E-state index < -0.39 is 9.84 Å². The molecule has 0 unspecified atom stereocenters. The molecule has 0 radical (unpaired) electrons. The highest BCUT2D eigenvalue weighted by atomic mass is 35.5. The smallest absolute Gasteiger partial charge is 0.236 e. The number of nitrogens with zero attached hydrogens (tertiary/aromatic N) is 2. The Morgan fingerprint density at radius 3 is 2.62 bits per heavy atom. The van der Waals surface area contributed by atoms with Gasteiger partial charge in [0.25, 0.3) is 0 Å².